The molecule has 0 aromatic heterocycles. The Kier molecular flexibility index (Phi) is 2.96. The molecule has 2 rings (SSSR count). The molecular weight excluding hydrogens is 202 g/mol. The summed E-state index contributed by atoms with van der Waals surface area (Å²) in [6.07, 6.45) is 0. The minimum Gasteiger partial charge on any atom is -0.285 e. The van der Waals surface area contributed by atoms with Gasteiger partial charge in [-0.2, -0.15) is 0 Å². The van der Waals surface area contributed by atoms with Crippen LogP contribution in [0.1, 0.15) is 26.3 Å². The number of benzene rings is 1. The first-order valence-electron chi connectivity index (χ1n) is 5.13. The third kappa shape index (κ3) is 2.15. The molecule has 1 aliphatic rings. The SMILES string of the molecule is CC1=NC/C(C)=C(/C)Sc2ccccc21. The van der Waals surface area contributed by atoms with Crippen LogP contribution < -0.4 is 0 Å². The van der Waals surface area contributed by atoms with Crippen molar-refractivity contribution in [1.29, 1.82) is 0 Å². The monoisotopic (exact) mass is 217 g/mol. The van der Waals surface area contributed by atoms with Gasteiger partial charge in [0.1, 0.15) is 0 Å². The van der Waals surface area contributed by atoms with Crippen LogP contribution in [0, 0.1) is 0 Å². The van der Waals surface area contributed by atoms with Gasteiger partial charge < -0.3 is 0 Å². The predicted molar refractivity (Wildman–Crippen MR) is 67.8 cm³/mol. The van der Waals surface area contributed by atoms with E-state index in [-0.39, 0.29) is 0 Å². The van der Waals surface area contributed by atoms with Gasteiger partial charge in [-0.1, -0.05) is 30.0 Å². The molecule has 0 atom stereocenters. The van der Waals surface area contributed by atoms with Gasteiger partial charge >= 0.3 is 0 Å². The van der Waals surface area contributed by atoms with Crippen molar-refractivity contribution < 1.29 is 0 Å². The average molecular weight is 217 g/mol. The fourth-order valence-electron chi connectivity index (χ4n) is 1.54. The molecule has 0 bridgehead atoms. The Bertz CT molecular complexity index is 444. The first kappa shape index (κ1) is 10.5. The van der Waals surface area contributed by atoms with Gasteiger partial charge in [-0.05, 0) is 37.3 Å². The molecule has 0 aliphatic carbocycles. The number of nitrogens with zero attached hydrogens (tertiary/aromatic N) is 1. The lowest BCUT2D eigenvalue weighted by Gasteiger charge is -2.14. The van der Waals surface area contributed by atoms with E-state index < -0.39 is 0 Å². The molecule has 1 heterocycles. The minimum absolute atomic E-state index is 0.832. The Morgan fingerprint density at radius 1 is 1.13 bits per heavy atom. The number of allylic oxidation sites excluding steroid dienone is 1. The molecule has 0 spiro atoms. The molecule has 0 saturated carbocycles. The standard InChI is InChI=1S/C13H15NS/c1-9-8-14-10(2)12-6-4-5-7-13(12)15-11(9)3/h4-7H,8H2,1-3H3/b11-9-,14-10?. The van der Waals surface area contributed by atoms with Crippen LogP contribution in [0.25, 0.3) is 0 Å². The number of thioether (sulfide) groups is 1. The minimum atomic E-state index is 0.832. The number of hydrogen-bond donors (Lipinski definition) is 0. The van der Waals surface area contributed by atoms with Gasteiger partial charge in [-0.3, -0.25) is 4.99 Å². The van der Waals surface area contributed by atoms with Crippen molar-refractivity contribution in [1.82, 2.24) is 0 Å². The Hall–Kier alpha value is -1.02. The molecule has 0 unspecified atom stereocenters. The first-order valence-corrected chi connectivity index (χ1v) is 5.95. The van der Waals surface area contributed by atoms with Crippen molar-refractivity contribution in [3.05, 3.63) is 40.3 Å². The molecule has 0 saturated heterocycles. The molecular formula is C13H15NS. The van der Waals surface area contributed by atoms with E-state index in [0.717, 1.165) is 12.3 Å². The van der Waals surface area contributed by atoms with Gasteiger partial charge in [-0.15, -0.1) is 0 Å². The highest BCUT2D eigenvalue weighted by Crippen LogP contribution is 2.32. The summed E-state index contributed by atoms with van der Waals surface area (Å²) in [5.41, 5.74) is 3.79. The smallest absolute Gasteiger partial charge is 0.0611 e. The summed E-state index contributed by atoms with van der Waals surface area (Å²) in [7, 11) is 0. The van der Waals surface area contributed by atoms with E-state index in [1.807, 2.05) is 11.8 Å². The molecule has 2 heteroatoms. The second kappa shape index (κ2) is 4.23. The number of hydrogen-bond acceptors (Lipinski definition) is 2. The van der Waals surface area contributed by atoms with Gasteiger partial charge in [0, 0.05) is 16.2 Å². The Morgan fingerprint density at radius 2 is 1.87 bits per heavy atom. The summed E-state index contributed by atoms with van der Waals surface area (Å²) in [6, 6.07) is 8.48. The second-order valence-corrected chi connectivity index (χ2v) is 5.09. The van der Waals surface area contributed by atoms with E-state index in [4.69, 9.17) is 0 Å². The fraction of sp³-hybridized carbons (Fsp3) is 0.308. The van der Waals surface area contributed by atoms with E-state index >= 15 is 0 Å². The van der Waals surface area contributed by atoms with E-state index in [0.29, 0.717) is 0 Å². The van der Waals surface area contributed by atoms with Crippen LogP contribution in [0.3, 0.4) is 0 Å². The predicted octanol–water partition coefficient (Wildman–Crippen LogP) is 3.90. The summed E-state index contributed by atoms with van der Waals surface area (Å²) in [6.45, 7) is 7.26. The van der Waals surface area contributed by atoms with Crippen molar-refractivity contribution in [2.75, 3.05) is 6.54 Å². The van der Waals surface area contributed by atoms with Crippen LogP contribution in [0.4, 0.5) is 0 Å². The zero-order chi connectivity index (χ0) is 10.8. The molecule has 1 nitrogen and oxygen atoms in total. The normalized spacial score (nSPS) is 21.4. The van der Waals surface area contributed by atoms with Crippen molar-refractivity contribution in [3.8, 4) is 0 Å². The van der Waals surface area contributed by atoms with E-state index in [1.54, 1.807) is 0 Å². The maximum absolute atomic E-state index is 4.60. The second-order valence-electron chi connectivity index (χ2n) is 3.84. The first-order chi connectivity index (χ1) is 7.18. The summed E-state index contributed by atoms with van der Waals surface area (Å²) in [4.78, 5) is 7.29. The van der Waals surface area contributed by atoms with Crippen LogP contribution in [-0.2, 0) is 0 Å². The molecule has 1 aromatic carbocycles. The maximum Gasteiger partial charge on any atom is 0.0611 e. The largest absolute Gasteiger partial charge is 0.285 e. The highest BCUT2D eigenvalue weighted by molar-refractivity contribution is 8.03. The highest BCUT2D eigenvalue weighted by Gasteiger charge is 2.10. The van der Waals surface area contributed by atoms with Crippen LogP contribution in [0.5, 0.6) is 0 Å². The molecule has 0 N–H and O–H groups in total. The molecule has 0 fully saturated rings. The summed E-state index contributed by atoms with van der Waals surface area (Å²) in [5.74, 6) is 0. The molecule has 78 valence electrons. The number of fused-ring (bicyclic) bond motifs is 1. The van der Waals surface area contributed by atoms with Gasteiger partial charge in [0.2, 0.25) is 0 Å². The number of rotatable bonds is 0. The zero-order valence-corrected chi connectivity index (χ0v) is 10.2. The van der Waals surface area contributed by atoms with Gasteiger partial charge in [0.15, 0.2) is 0 Å². The quantitative estimate of drug-likeness (QED) is 0.642. The maximum atomic E-state index is 4.60. The highest BCUT2D eigenvalue weighted by atomic mass is 32.2. The van der Waals surface area contributed by atoms with Crippen LogP contribution in [-0.4, -0.2) is 12.3 Å². The third-order valence-corrected chi connectivity index (χ3v) is 3.92. The Balaban J connectivity index is 2.54. The van der Waals surface area contributed by atoms with Crippen molar-refractivity contribution >= 4 is 17.5 Å². The lowest BCUT2D eigenvalue weighted by molar-refractivity contribution is 1.11. The van der Waals surface area contributed by atoms with Gasteiger partial charge in [0.05, 0.1) is 6.54 Å². The van der Waals surface area contributed by atoms with Crippen LogP contribution in [0.15, 0.2) is 44.6 Å². The van der Waals surface area contributed by atoms with Crippen LogP contribution >= 0.6 is 11.8 Å². The Labute approximate surface area is 95.3 Å². The van der Waals surface area contributed by atoms with E-state index in [9.17, 15) is 0 Å². The van der Waals surface area contributed by atoms with Gasteiger partial charge in [0.25, 0.3) is 0 Å². The molecule has 0 amide bonds. The van der Waals surface area contributed by atoms with Crippen molar-refractivity contribution in [2.24, 2.45) is 4.99 Å². The molecule has 1 aromatic rings. The molecule has 15 heavy (non-hydrogen) atoms. The van der Waals surface area contributed by atoms with Crippen molar-refractivity contribution in [2.45, 2.75) is 25.7 Å². The van der Waals surface area contributed by atoms with Crippen molar-refractivity contribution in [3.63, 3.8) is 0 Å². The van der Waals surface area contributed by atoms with Crippen LogP contribution in [0.2, 0.25) is 0 Å². The zero-order valence-electron chi connectivity index (χ0n) is 9.37. The summed E-state index contributed by atoms with van der Waals surface area (Å²) < 4.78 is 0. The molecule has 1 aliphatic heterocycles. The summed E-state index contributed by atoms with van der Waals surface area (Å²) >= 11 is 1.86. The number of aliphatic imine (C=N–C) groups is 1. The van der Waals surface area contributed by atoms with Gasteiger partial charge in [-0.25, -0.2) is 0 Å². The lowest BCUT2D eigenvalue weighted by Crippen LogP contribution is -2.02. The fourth-order valence-corrected chi connectivity index (χ4v) is 2.58. The van der Waals surface area contributed by atoms with E-state index in [2.05, 4.69) is 50.0 Å². The summed E-state index contributed by atoms with van der Waals surface area (Å²) in [5, 5.41) is 0. The lowest BCUT2D eigenvalue weighted by atomic mass is 10.1. The van der Waals surface area contributed by atoms with E-state index in [1.165, 1.54) is 20.9 Å². The Morgan fingerprint density at radius 3 is 2.67 bits per heavy atom. The average Bonchev–Trinajstić information content (AvgIpc) is 2.24. The third-order valence-electron chi connectivity index (χ3n) is 2.69. The molecule has 0 radical (unpaired) electrons. The topological polar surface area (TPSA) is 12.4 Å².